The Balaban J connectivity index is 0.00000684. The molecule has 0 aromatic heterocycles. The van der Waals surface area contributed by atoms with E-state index < -0.39 is 0 Å². The summed E-state index contributed by atoms with van der Waals surface area (Å²) in [5.74, 6) is -0.116. The van der Waals surface area contributed by atoms with E-state index in [1.807, 2.05) is 6.92 Å². The summed E-state index contributed by atoms with van der Waals surface area (Å²) in [6, 6.07) is 0. The molecule has 0 saturated carbocycles. The van der Waals surface area contributed by atoms with E-state index in [4.69, 9.17) is 9.47 Å². The minimum Gasteiger partial charge on any atom is -0.465 e. The van der Waals surface area contributed by atoms with Crippen LogP contribution in [-0.2, 0) is 19.1 Å². The highest BCUT2D eigenvalue weighted by Gasteiger charge is 2.46. The number of carbonyl (C=O) groups is 2. The van der Waals surface area contributed by atoms with Gasteiger partial charge in [-0.15, -0.1) is 0 Å². The summed E-state index contributed by atoms with van der Waals surface area (Å²) in [6.07, 6.45) is 9.45. The van der Waals surface area contributed by atoms with Gasteiger partial charge in [0.15, 0.2) is 0 Å². The number of esters is 2. The third kappa shape index (κ3) is 10.5. The fourth-order valence-electron chi connectivity index (χ4n) is 6.74. The van der Waals surface area contributed by atoms with Gasteiger partial charge in [0.25, 0.3) is 0 Å². The average molecular weight is 527 g/mol. The fraction of sp³-hybridized carbons (Fsp3) is 0.933. The molecule has 1 atom stereocenters. The largest absolute Gasteiger partial charge is 0.465 e. The number of nitrogens with zero attached hydrogens (tertiary/aromatic N) is 1. The quantitative estimate of drug-likeness (QED) is 0.285. The molecule has 2 rings (SSSR count). The average Bonchev–Trinajstić information content (AvgIpc) is 2.70. The van der Waals surface area contributed by atoms with E-state index in [1.165, 1.54) is 0 Å². The first-order valence-corrected chi connectivity index (χ1v) is 14.3. The number of hydrogen-bond acceptors (Lipinski definition) is 6. The summed E-state index contributed by atoms with van der Waals surface area (Å²) in [6.45, 7) is 20.0. The molecule has 0 radical (unpaired) electrons. The molecule has 2 saturated heterocycles. The number of hydrogen-bond donors (Lipinski definition) is 1. The third-order valence-electron chi connectivity index (χ3n) is 8.48. The molecule has 37 heavy (non-hydrogen) atoms. The Labute approximate surface area is 227 Å². The van der Waals surface area contributed by atoms with Crippen LogP contribution in [0, 0.1) is 11.8 Å². The molecule has 7 nitrogen and oxygen atoms in total. The monoisotopic (exact) mass is 526 g/mol. The molecule has 0 spiro atoms. The number of piperidine rings is 2. The SMILES string of the molecule is CC(CCCCCCCOC(=O)C1CC(C)(C)N(C)C(C)(C)C1)OC(=O)C1CC(C)(C)NC(C)(C)C1.O. The van der Waals surface area contributed by atoms with Crippen molar-refractivity contribution in [2.75, 3.05) is 13.7 Å². The molecule has 2 aliphatic heterocycles. The second-order valence-electron chi connectivity index (χ2n) is 14.3. The Kier molecular flexibility index (Phi) is 12.1. The molecular weight excluding hydrogens is 468 g/mol. The Bertz CT molecular complexity index is 712. The first kappa shape index (κ1) is 33.8. The Hall–Kier alpha value is -1.18. The van der Waals surface area contributed by atoms with E-state index >= 15 is 0 Å². The van der Waals surface area contributed by atoms with Crippen LogP contribution < -0.4 is 5.32 Å². The molecule has 0 aromatic carbocycles. The third-order valence-corrected chi connectivity index (χ3v) is 8.48. The number of rotatable bonds is 11. The summed E-state index contributed by atoms with van der Waals surface area (Å²) in [5, 5.41) is 3.63. The van der Waals surface area contributed by atoms with Crippen molar-refractivity contribution in [3.05, 3.63) is 0 Å². The molecule has 2 fully saturated rings. The summed E-state index contributed by atoms with van der Waals surface area (Å²) in [4.78, 5) is 27.8. The van der Waals surface area contributed by atoms with E-state index in [0.717, 1.165) is 64.2 Å². The highest BCUT2D eigenvalue weighted by molar-refractivity contribution is 5.73. The van der Waals surface area contributed by atoms with Crippen molar-refractivity contribution in [3.8, 4) is 0 Å². The maximum atomic E-state index is 12.8. The number of unbranched alkanes of at least 4 members (excludes halogenated alkanes) is 4. The van der Waals surface area contributed by atoms with Crippen LogP contribution in [0.15, 0.2) is 0 Å². The normalized spacial score (nSPS) is 24.1. The van der Waals surface area contributed by atoms with Gasteiger partial charge in [0.1, 0.15) is 0 Å². The minimum absolute atomic E-state index is 0. The number of carbonyl (C=O) groups excluding carboxylic acids is 2. The zero-order chi connectivity index (χ0) is 27.4. The first-order valence-electron chi connectivity index (χ1n) is 14.3. The van der Waals surface area contributed by atoms with Crippen LogP contribution in [0.3, 0.4) is 0 Å². The van der Waals surface area contributed by atoms with Gasteiger partial charge < -0.3 is 20.3 Å². The molecule has 0 aromatic rings. The van der Waals surface area contributed by atoms with Gasteiger partial charge in [-0.25, -0.2) is 0 Å². The second-order valence-corrected chi connectivity index (χ2v) is 14.3. The number of ether oxygens (including phenoxy) is 2. The van der Waals surface area contributed by atoms with Crippen molar-refractivity contribution in [1.29, 1.82) is 0 Å². The van der Waals surface area contributed by atoms with Gasteiger partial charge in [0, 0.05) is 22.2 Å². The molecule has 2 heterocycles. The lowest BCUT2D eigenvalue weighted by Crippen LogP contribution is -2.59. The molecule has 3 N–H and O–H groups in total. The molecule has 1 unspecified atom stereocenters. The smallest absolute Gasteiger partial charge is 0.309 e. The van der Waals surface area contributed by atoms with Crippen LogP contribution in [0.4, 0.5) is 0 Å². The molecular formula is C30H58N2O5. The van der Waals surface area contributed by atoms with Crippen molar-refractivity contribution in [3.63, 3.8) is 0 Å². The van der Waals surface area contributed by atoms with Gasteiger partial charge in [-0.2, -0.15) is 0 Å². The van der Waals surface area contributed by atoms with Crippen molar-refractivity contribution in [2.24, 2.45) is 11.8 Å². The van der Waals surface area contributed by atoms with E-state index in [9.17, 15) is 9.59 Å². The lowest BCUT2D eigenvalue weighted by molar-refractivity contribution is -0.157. The fourth-order valence-corrected chi connectivity index (χ4v) is 6.74. The van der Waals surface area contributed by atoms with Crippen LogP contribution in [0.2, 0.25) is 0 Å². The minimum atomic E-state index is -0.0523. The van der Waals surface area contributed by atoms with E-state index in [2.05, 4.69) is 72.7 Å². The number of likely N-dealkylation sites (tertiary alicyclic amines) is 1. The van der Waals surface area contributed by atoms with Crippen LogP contribution in [0.25, 0.3) is 0 Å². The molecule has 0 aliphatic carbocycles. The van der Waals surface area contributed by atoms with Gasteiger partial charge >= 0.3 is 11.9 Å². The van der Waals surface area contributed by atoms with Crippen LogP contribution in [-0.4, -0.2) is 64.2 Å². The van der Waals surface area contributed by atoms with Gasteiger partial charge in [0.05, 0.1) is 24.5 Å². The summed E-state index contributed by atoms with van der Waals surface area (Å²) >= 11 is 0. The molecule has 2 aliphatic rings. The number of nitrogens with one attached hydrogen (secondary N) is 1. The van der Waals surface area contributed by atoms with Crippen LogP contribution in [0.5, 0.6) is 0 Å². The van der Waals surface area contributed by atoms with Gasteiger partial charge in [-0.1, -0.05) is 19.3 Å². The predicted octanol–water partition coefficient (Wildman–Crippen LogP) is 5.43. The zero-order valence-corrected chi connectivity index (χ0v) is 25.6. The Morgan fingerprint density at radius 2 is 1.24 bits per heavy atom. The van der Waals surface area contributed by atoms with E-state index in [1.54, 1.807) is 0 Å². The zero-order valence-electron chi connectivity index (χ0n) is 25.6. The summed E-state index contributed by atoms with van der Waals surface area (Å²) in [7, 11) is 2.15. The Morgan fingerprint density at radius 3 is 1.78 bits per heavy atom. The van der Waals surface area contributed by atoms with E-state index in [0.29, 0.717) is 6.61 Å². The first-order chi connectivity index (χ1) is 16.4. The lowest BCUT2D eigenvalue weighted by Gasteiger charge is -2.53. The Morgan fingerprint density at radius 1 is 0.784 bits per heavy atom. The van der Waals surface area contributed by atoms with Crippen LogP contribution >= 0.6 is 0 Å². The van der Waals surface area contributed by atoms with Crippen molar-refractivity contribution >= 4 is 11.9 Å². The summed E-state index contributed by atoms with van der Waals surface area (Å²) < 4.78 is 11.5. The maximum Gasteiger partial charge on any atom is 0.309 e. The molecule has 0 bridgehead atoms. The van der Waals surface area contributed by atoms with Crippen molar-refractivity contribution in [2.45, 2.75) is 155 Å². The van der Waals surface area contributed by atoms with E-state index in [-0.39, 0.29) is 57.5 Å². The van der Waals surface area contributed by atoms with Gasteiger partial charge in [-0.05, 0) is 114 Å². The van der Waals surface area contributed by atoms with Gasteiger partial charge in [0.2, 0.25) is 0 Å². The standard InChI is InChI=1S/C30H56N2O4.H2O/c1-22(36-26(34)23-18-27(2,3)31-28(4,5)19-23)16-14-12-11-13-15-17-35-25(33)24-20-29(6,7)32(10)30(8,9)21-24;/h22-24,31H,11-21H2,1-10H3;1H2. The highest BCUT2D eigenvalue weighted by atomic mass is 16.5. The predicted molar refractivity (Wildman–Crippen MR) is 150 cm³/mol. The highest BCUT2D eigenvalue weighted by Crippen LogP contribution is 2.40. The summed E-state index contributed by atoms with van der Waals surface area (Å²) in [5.41, 5.74) is -0.109. The molecule has 7 heteroatoms. The van der Waals surface area contributed by atoms with Gasteiger partial charge in [-0.3, -0.25) is 14.5 Å². The van der Waals surface area contributed by atoms with Crippen LogP contribution in [0.1, 0.15) is 127 Å². The van der Waals surface area contributed by atoms with Crippen molar-refractivity contribution < 1.29 is 24.5 Å². The second kappa shape index (κ2) is 13.3. The van der Waals surface area contributed by atoms with Crippen molar-refractivity contribution in [1.82, 2.24) is 10.2 Å². The molecule has 218 valence electrons. The lowest BCUT2D eigenvalue weighted by atomic mass is 9.74. The molecule has 0 amide bonds. The maximum absolute atomic E-state index is 12.8. The topological polar surface area (TPSA) is 99.4 Å².